The fourth-order valence-corrected chi connectivity index (χ4v) is 2.94. The van der Waals surface area contributed by atoms with Crippen molar-refractivity contribution in [2.45, 2.75) is 32.7 Å². The standard InChI is InChI=1S/C13H19NOS/c1-3-7-14-12(11-5-4-8-15-11)13-10(2)6-9-16-13/h5-6,9,12,14H,3-4,7-8H2,1-2H3. The number of ether oxygens (including phenoxy) is 1. The van der Waals surface area contributed by atoms with Crippen molar-refractivity contribution < 1.29 is 4.74 Å². The van der Waals surface area contributed by atoms with Gasteiger partial charge in [0.05, 0.1) is 12.6 Å². The number of thiophene rings is 1. The van der Waals surface area contributed by atoms with E-state index in [1.807, 2.05) is 11.3 Å². The van der Waals surface area contributed by atoms with E-state index >= 15 is 0 Å². The number of aryl methyl sites for hydroxylation is 1. The second kappa shape index (κ2) is 5.51. The van der Waals surface area contributed by atoms with Gasteiger partial charge in [0.25, 0.3) is 0 Å². The molecule has 2 heterocycles. The molecule has 1 unspecified atom stereocenters. The van der Waals surface area contributed by atoms with E-state index in [4.69, 9.17) is 4.74 Å². The minimum absolute atomic E-state index is 0.266. The average Bonchev–Trinajstić information content (AvgIpc) is 2.91. The van der Waals surface area contributed by atoms with Crippen molar-refractivity contribution in [2.24, 2.45) is 0 Å². The van der Waals surface area contributed by atoms with Crippen LogP contribution in [0.2, 0.25) is 0 Å². The molecule has 0 saturated carbocycles. The summed E-state index contributed by atoms with van der Waals surface area (Å²) < 4.78 is 5.70. The van der Waals surface area contributed by atoms with Gasteiger partial charge in [0.2, 0.25) is 0 Å². The molecular weight excluding hydrogens is 218 g/mol. The van der Waals surface area contributed by atoms with E-state index in [9.17, 15) is 0 Å². The third-order valence-corrected chi connectivity index (χ3v) is 3.86. The van der Waals surface area contributed by atoms with Gasteiger partial charge in [-0.15, -0.1) is 11.3 Å². The van der Waals surface area contributed by atoms with Crippen LogP contribution in [0.4, 0.5) is 0 Å². The van der Waals surface area contributed by atoms with Gasteiger partial charge in [0.15, 0.2) is 0 Å². The lowest BCUT2D eigenvalue weighted by Crippen LogP contribution is -2.24. The number of hydrogen-bond acceptors (Lipinski definition) is 3. The third-order valence-electron chi connectivity index (χ3n) is 2.78. The average molecular weight is 237 g/mol. The molecule has 0 saturated heterocycles. The van der Waals surface area contributed by atoms with E-state index < -0.39 is 0 Å². The van der Waals surface area contributed by atoms with E-state index in [1.165, 1.54) is 10.4 Å². The molecule has 1 N–H and O–H groups in total. The van der Waals surface area contributed by atoms with E-state index in [0.717, 1.165) is 31.8 Å². The summed E-state index contributed by atoms with van der Waals surface area (Å²) in [5.74, 6) is 1.11. The van der Waals surface area contributed by atoms with Crippen LogP contribution in [-0.2, 0) is 4.74 Å². The van der Waals surface area contributed by atoms with Crippen molar-refractivity contribution in [3.05, 3.63) is 33.7 Å². The maximum Gasteiger partial charge on any atom is 0.114 e. The van der Waals surface area contributed by atoms with E-state index in [-0.39, 0.29) is 6.04 Å². The Bertz CT molecular complexity index is 370. The van der Waals surface area contributed by atoms with Gasteiger partial charge in [0.1, 0.15) is 5.76 Å². The topological polar surface area (TPSA) is 21.3 Å². The molecule has 1 aliphatic heterocycles. The Labute approximate surface area is 101 Å². The summed E-state index contributed by atoms with van der Waals surface area (Å²) in [7, 11) is 0. The molecule has 1 atom stereocenters. The highest BCUT2D eigenvalue weighted by atomic mass is 32.1. The quantitative estimate of drug-likeness (QED) is 0.847. The normalized spacial score (nSPS) is 17.0. The molecule has 1 aromatic heterocycles. The zero-order valence-electron chi connectivity index (χ0n) is 9.95. The Kier molecular flexibility index (Phi) is 4.02. The molecular formula is C13H19NOS. The second-order valence-corrected chi connectivity index (χ2v) is 5.05. The summed E-state index contributed by atoms with van der Waals surface area (Å²) in [6.45, 7) is 6.23. The molecule has 3 heteroatoms. The van der Waals surface area contributed by atoms with Crippen molar-refractivity contribution in [3.63, 3.8) is 0 Å². The van der Waals surface area contributed by atoms with Crippen LogP contribution >= 0.6 is 11.3 Å². The zero-order chi connectivity index (χ0) is 11.4. The van der Waals surface area contributed by atoms with Gasteiger partial charge in [-0.1, -0.05) is 6.92 Å². The van der Waals surface area contributed by atoms with Crippen LogP contribution in [0.5, 0.6) is 0 Å². The Balaban J connectivity index is 2.17. The summed E-state index contributed by atoms with van der Waals surface area (Å²) in [5, 5.41) is 5.73. The number of nitrogens with one attached hydrogen (secondary N) is 1. The molecule has 0 bridgehead atoms. The van der Waals surface area contributed by atoms with Crippen LogP contribution in [0.15, 0.2) is 23.3 Å². The molecule has 0 amide bonds. The first-order valence-corrected chi connectivity index (χ1v) is 6.81. The largest absolute Gasteiger partial charge is 0.496 e. The van der Waals surface area contributed by atoms with Crippen molar-refractivity contribution in [2.75, 3.05) is 13.2 Å². The summed E-state index contributed by atoms with van der Waals surface area (Å²) >= 11 is 1.81. The fourth-order valence-electron chi connectivity index (χ4n) is 1.93. The molecule has 2 rings (SSSR count). The molecule has 0 radical (unpaired) electrons. The van der Waals surface area contributed by atoms with Crippen LogP contribution in [0, 0.1) is 6.92 Å². The molecule has 0 aromatic carbocycles. The maximum absolute atomic E-state index is 5.70. The predicted octanol–water partition coefficient (Wildman–Crippen LogP) is 3.40. The van der Waals surface area contributed by atoms with E-state index in [0.29, 0.717) is 0 Å². The van der Waals surface area contributed by atoms with Crippen LogP contribution in [0.25, 0.3) is 0 Å². The number of rotatable bonds is 5. The Hall–Kier alpha value is -0.800. The molecule has 1 aliphatic rings. The molecule has 2 nitrogen and oxygen atoms in total. The van der Waals surface area contributed by atoms with Crippen molar-refractivity contribution in [1.29, 1.82) is 0 Å². The molecule has 88 valence electrons. The molecule has 16 heavy (non-hydrogen) atoms. The van der Waals surface area contributed by atoms with Crippen molar-refractivity contribution in [1.82, 2.24) is 5.32 Å². The van der Waals surface area contributed by atoms with Crippen LogP contribution in [-0.4, -0.2) is 13.2 Å². The summed E-state index contributed by atoms with van der Waals surface area (Å²) in [4.78, 5) is 1.39. The van der Waals surface area contributed by atoms with Crippen LogP contribution < -0.4 is 5.32 Å². The van der Waals surface area contributed by atoms with Gasteiger partial charge in [-0.05, 0) is 43.0 Å². The van der Waals surface area contributed by atoms with Gasteiger partial charge in [-0.3, -0.25) is 0 Å². The summed E-state index contributed by atoms with van der Waals surface area (Å²) in [6, 6.07) is 2.44. The summed E-state index contributed by atoms with van der Waals surface area (Å²) in [6.07, 6.45) is 4.41. The van der Waals surface area contributed by atoms with Crippen molar-refractivity contribution in [3.8, 4) is 0 Å². The highest BCUT2D eigenvalue weighted by Gasteiger charge is 2.22. The lowest BCUT2D eigenvalue weighted by Gasteiger charge is -2.19. The molecule has 0 aliphatic carbocycles. The lowest BCUT2D eigenvalue weighted by molar-refractivity contribution is 0.216. The highest BCUT2D eigenvalue weighted by Crippen LogP contribution is 2.32. The Morgan fingerprint density at radius 3 is 3.00 bits per heavy atom. The lowest BCUT2D eigenvalue weighted by atomic mass is 10.1. The minimum atomic E-state index is 0.266. The first-order valence-electron chi connectivity index (χ1n) is 5.93. The van der Waals surface area contributed by atoms with Crippen molar-refractivity contribution >= 4 is 11.3 Å². The third kappa shape index (κ3) is 2.47. The van der Waals surface area contributed by atoms with Crippen LogP contribution in [0.3, 0.4) is 0 Å². The number of hydrogen-bond donors (Lipinski definition) is 1. The van der Waals surface area contributed by atoms with Gasteiger partial charge in [-0.25, -0.2) is 0 Å². The Morgan fingerprint density at radius 2 is 2.44 bits per heavy atom. The van der Waals surface area contributed by atoms with E-state index in [1.54, 1.807) is 0 Å². The second-order valence-electron chi connectivity index (χ2n) is 4.10. The Morgan fingerprint density at radius 1 is 1.56 bits per heavy atom. The van der Waals surface area contributed by atoms with Gasteiger partial charge in [0, 0.05) is 11.3 Å². The minimum Gasteiger partial charge on any atom is -0.496 e. The first kappa shape index (κ1) is 11.7. The van der Waals surface area contributed by atoms with Gasteiger partial charge >= 0.3 is 0 Å². The zero-order valence-corrected chi connectivity index (χ0v) is 10.8. The monoisotopic (exact) mass is 237 g/mol. The SMILES string of the molecule is CCCNC(C1=CCCO1)c1sccc1C. The predicted molar refractivity (Wildman–Crippen MR) is 68.7 cm³/mol. The first-order chi connectivity index (χ1) is 7.83. The highest BCUT2D eigenvalue weighted by molar-refractivity contribution is 7.10. The fraction of sp³-hybridized carbons (Fsp3) is 0.538. The molecule has 1 aromatic rings. The van der Waals surface area contributed by atoms with Gasteiger partial charge < -0.3 is 10.1 Å². The van der Waals surface area contributed by atoms with Crippen LogP contribution in [0.1, 0.15) is 36.2 Å². The maximum atomic E-state index is 5.70. The summed E-state index contributed by atoms with van der Waals surface area (Å²) in [5.41, 5.74) is 1.36. The molecule has 0 fully saturated rings. The smallest absolute Gasteiger partial charge is 0.114 e. The van der Waals surface area contributed by atoms with E-state index in [2.05, 4.69) is 36.7 Å². The van der Waals surface area contributed by atoms with Gasteiger partial charge in [-0.2, -0.15) is 0 Å². The molecule has 0 spiro atoms.